The molecule has 1 aromatic carbocycles. The van der Waals surface area contributed by atoms with Crippen LogP contribution in [0.2, 0.25) is 0 Å². The van der Waals surface area contributed by atoms with E-state index in [0.717, 1.165) is 6.07 Å². The number of carbonyl (C=O) groups is 2. The number of nitro groups is 1. The van der Waals surface area contributed by atoms with Gasteiger partial charge in [0.1, 0.15) is 0 Å². The van der Waals surface area contributed by atoms with E-state index in [1.54, 1.807) is 6.92 Å². The number of hydrogen-bond donors (Lipinski definition) is 1. The molecular weight excluding hydrogens is 292 g/mol. The molecule has 0 saturated carbocycles. The molecule has 0 radical (unpaired) electrons. The lowest BCUT2D eigenvalue weighted by atomic mass is 10.1. The highest BCUT2D eigenvalue weighted by molar-refractivity contribution is 5.92. The van der Waals surface area contributed by atoms with Crippen LogP contribution in [0.3, 0.4) is 0 Å². The summed E-state index contributed by atoms with van der Waals surface area (Å²) in [5.41, 5.74) is 0.285. The number of hydrogen-bond acceptors (Lipinski definition) is 6. The summed E-state index contributed by atoms with van der Waals surface area (Å²) in [6.07, 6.45) is -1.01. The number of methoxy groups -OCH3 is 1. The molecule has 0 aromatic heterocycles. The van der Waals surface area contributed by atoms with E-state index in [4.69, 9.17) is 9.47 Å². The predicted molar refractivity (Wildman–Crippen MR) is 77.6 cm³/mol. The number of nitro benzene ring substituents is 1. The average Bonchev–Trinajstić information content (AvgIpc) is 2.47. The molecule has 8 heteroatoms. The van der Waals surface area contributed by atoms with Crippen molar-refractivity contribution in [1.29, 1.82) is 0 Å². The van der Waals surface area contributed by atoms with Crippen LogP contribution < -0.4 is 5.32 Å². The van der Waals surface area contributed by atoms with Crippen molar-refractivity contribution in [2.45, 2.75) is 20.0 Å². The summed E-state index contributed by atoms with van der Waals surface area (Å²) < 4.78 is 9.77. The average molecular weight is 310 g/mol. The third kappa shape index (κ3) is 4.81. The van der Waals surface area contributed by atoms with E-state index in [0.29, 0.717) is 18.7 Å². The van der Waals surface area contributed by atoms with E-state index in [1.165, 1.54) is 26.2 Å². The fourth-order valence-electron chi connectivity index (χ4n) is 1.64. The van der Waals surface area contributed by atoms with Crippen LogP contribution in [-0.4, -0.2) is 43.2 Å². The van der Waals surface area contributed by atoms with Crippen LogP contribution in [-0.2, 0) is 14.3 Å². The Morgan fingerprint density at radius 2 is 2.09 bits per heavy atom. The second-order valence-corrected chi connectivity index (χ2v) is 4.59. The molecule has 0 aliphatic carbocycles. The molecule has 0 aliphatic rings. The molecule has 0 bridgehead atoms. The Bertz CT molecular complexity index is 572. The Hall–Kier alpha value is -2.48. The van der Waals surface area contributed by atoms with Crippen molar-refractivity contribution in [2.24, 2.45) is 0 Å². The molecule has 0 fully saturated rings. The van der Waals surface area contributed by atoms with Gasteiger partial charge in [0.05, 0.1) is 17.1 Å². The van der Waals surface area contributed by atoms with E-state index < -0.39 is 22.9 Å². The summed E-state index contributed by atoms with van der Waals surface area (Å²) in [4.78, 5) is 33.9. The van der Waals surface area contributed by atoms with Gasteiger partial charge in [0.2, 0.25) is 0 Å². The number of ether oxygens (including phenoxy) is 2. The fraction of sp³-hybridized carbons (Fsp3) is 0.429. The van der Waals surface area contributed by atoms with Gasteiger partial charge < -0.3 is 14.8 Å². The van der Waals surface area contributed by atoms with E-state index in [1.807, 2.05) is 0 Å². The number of nitrogens with zero attached hydrogens (tertiary/aromatic N) is 1. The third-order valence-electron chi connectivity index (χ3n) is 2.90. The van der Waals surface area contributed by atoms with Crippen LogP contribution in [0, 0.1) is 17.0 Å². The lowest BCUT2D eigenvalue weighted by molar-refractivity contribution is -0.385. The Morgan fingerprint density at radius 1 is 1.41 bits per heavy atom. The first kappa shape index (κ1) is 17.6. The monoisotopic (exact) mass is 310 g/mol. The van der Waals surface area contributed by atoms with Crippen molar-refractivity contribution in [3.8, 4) is 0 Å². The van der Waals surface area contributed by atoms with Crippen molar-refractivity contribution in [2.75, 3.05) is 20.3 Å². The second kappa shape index (κ2) is 8.08. The highest BCUT2D eigenvalue weighted by Gasteiger charge is 2.21. The van der Waals surface area contributed by atoms with Crippen molar-refractivity contribution in [3.63, 3.8) is 0 Å². The minimum absolute atomic E-state index is 0.0221. The van der Waals surface area contributed by atoms with Gasteiger partial charge in [-0.05, 0) is 19.9 Å². The highest BCUT2D eigenvalue weighted by atomic mass is 16.6. The van der Waals surface area contributed by atoms with Crippen LogP contribution >= 0.6 is 0 Å². The lowest BCUT2D eigenvalue weighted by Gasteiger charge is -2.13. The fourth-order valence-corrected chi connectivity index (χ4v) is 1.64. The van der Waals surface area contributed by atoms with Gasteiger partial charge in [-0.15, -0.1) is 0 Å². The van der Waals surface area contributed by atoms with Crippen molar-refractivity contribution in [1.82, 2.24) is 5.32 Å². The first-order valence-electron chi connectivity index (χ1n) is 6.59. The summed E-state index contributed by atoms with van der Waals surface area (Å²) >= 11 is 0. The van der Waals surface area contributed by atoms with Gasteiger partial charge in [-0.1, -0.05) is 6.07 Å². The molecule has 1 atom stereocenters. The van der Waals surface area contributed by atoms with Gasteiger partial charge in [-0.2, -0.15) is 0 Å². The smallest absolute Gasteiger partial charge is 0.339 e. The number of rotatable bonds is 7. The molecule has 0 heterocycles. The molecule has 0 aliphatic heterocycles. The summed E-state index contributed by atoms with van der Waals surface area (Å²) in [7, 11) is 1.50. The summed E-state index contributed by atoms with van der Waals surface area (Å²) in [5, 5.41) is 13.4. The Kier molecular flexibility index (Phi) is 6.46. The maximum Gasteiger partial charge on any atom is 0.339 e. The first-order chi connectivity index (χ1) is 10.4. The molecule has 0 unspecified atom stereocenters. The zero-order valence-corrected chi connectivity index (χ0v) is 12.6. The molecule has 1 N–H and O–H groups in total. The Labute approximate surface area is 127 Å². The van der Waals surface area contributed by atoms with Crippen molar-refractivity contribution >= 4 is 17.6 Å². The third-order valence-corrected chi connectivity index (χ3v) is 2.90. The van der Waals surface area contributed by atoms with E-state index in [2.05, 4.69) is 5.32 Å². The molecule has 0 spiro atoms. The van der Waals surface area contributed by atoms with E-state index >= 15 is 0 Å². The van der Waals surface area contributed by atoms with Gasteiger partial charge in [0, 0.05) is 25.3 Å². The lowest BCUT2D eigenvalue weighted by Crippen LogP contribution is -2.37. The SMILES string of the molecule is COCCNC(=O)[C@@H](C)OC(=O)c1ccc(C)c([N+](=O)[O-])c1. The quantitative estimate of drug-likeness (QED) is 0.351. The Morgan fingerprint density at radius 3 is 2.68 bits per heavy atom. The van der Waals surface area contributed by atoms with Crippen LogP contribution in [0.25, 0.3) is 0 Å². The summed E-state index contributed by atoms with van der Waals surface area (Å²) in [6.45, 7) is 3.63. The molecule has 120 valence electrons. The van der Waals surface area contributed by atoms with Gasteiger partial charge in [0.25, 0.3) is 11.6 Å². The molecule has 0 saturated heterocycles. The number of benzene rings is 1. The largest absolute Gasteiger partial charge is 0.449 e. The van der Waals surface area contributed by atoms with E-state index in [-0.39, 0.29) is 11.3 Å². The molecule has 1 aromatic rings. The second-order valence-electron chi connectivity index (χ2n) is 4.59. The van der Waals surface area contributed by atoms with Crippen molar-refractivity contribution in [3.05, 3.63) is 39.4 Å². The van der Waals surface area contributed by atoms with Gasteiger partial charge in [-0.25, -0.2) is 4.79 Å². The maximum absolute atomic E-state index is 11.9. The number of nitrogens with one attached hydrogen (secondary N) is 1. The van der Waals surface area contributed by atoms with Crippen LogP contribution in [0.4, 0.5) is 5.69 Å². The van der Waals surface area contributed by atoms with Crippen molar-refractivity contribution < 1.29 is 24.0 Å². The number of carbonyl (C=O) groups excluding carboxylic acids is 2. The molecule has 1 amide bonds. The topological polar surface area (TPSA) is 108 Å². The van der Waals surface area contributed by atoms with Gasteiger partial charge >= 0.3 is 5.97 Å². The maximum atomic E-state index is 11.9. The molecular formula is C14H18N2O6. The minimum Gasteiger partial charge on any atom is -0.449 e. The molecule has 22 heavy (non-hydrogen) atoms. The van der Waals surface area contributed by atoms with Gasteiger partial charge in [0.15, 0.2) is 6.10 Å². The zero-order valence-electron chi connectivity index (χ0n) is 12.6. The minimum atomic E-state index is -1.01. The van der Waals surface area contributed by atoms with Crippen LogP contribution in [0.15, 0.2) is 18.2 Å². The highest BCUT2D eigenvalue weighted by Crippen LogP contribution is 2.20. The summed E-state index contributed by atoms with van der Waals surface area (Å²) in [5.74, 6) is -1.26. The summed E-state index contributed by atoms with van der Waals surface area (Å²) in [6, 6.07) is 4.01. The standard InChI is InChI=1S/C14H18N2O6/c1-9-4-5-11(8-12(9)16(19)20)14(18)22-10(2)13(17)15-6-7-21-3/h4-5,8,10H,6-7H2,1-3H3,(H,15,17)/t10-/m1/s1. The van der Waals surface area contributed by atoms with Crippen LogP contribution in [0.5, 0.6) is 0 Å². The Balaban J connectivity index is 2.70. The first-order valence-corrected chi connectivity index (χ1v) is 6.59. The number of amides is 1. The van der Waals surface area contributed by atoms with Crippen LogP contribution in [0.1, 0.15) is 22.8 Å². The van der Waals surface area contributed by atoms with E-state index in [9.17, 15) is 19.7 Å². The number of aryl methyl sites for hydroxylation is 1. The molecule has 1 rings (SSSR count). The normalized spacial score (nSPS) is 11.6. The predicted octanol–water partition coefficient (Wildman–Crippen LogP) is 1.21. The molecule has 8 nitrogen and oxygen atoms in total. The van der Waals surface area contributed by atoms with Gasteiger partial charge in [-0.3, -0.25) is 14.9 Å². The number of esters is 1. The zero-order chi connectivity index (χ0) is 16.7.